The Hall–Kier alpha value is -0.870. The number of ether oxygens (including phenoxy) is 2. The van der Waals surface area contributed by atoms with Gasteiger partial charge in [-0.05, 0) is 36.4 Å². The van der Waals surface area contributed by atoms with Gasteiger partial charge in [-0.15, -0.1) is 11.8 Å². The van der Waals surface area contributed by atoms with E-state index in [1.54, 1.807) is 0 Å². The van der Waals surface area contributed by atoms with Crippen molar-refractivity contribution in [2.45, 2.75) is 24.3 Å². The summed E-state index contributed by atoms with van der Waals surface area (Å²) in [6.45, 7) is 4.47. The highest BCUT2D eigenvalue weighted by molar-refractivity contribution is 7.99. The van der Waals surface area contributed by atoms with Crippen LogP contribution in [0.4, 0.5) is 0 Å². The lowest BCUT2D eigenvalue weighted by Crippen LogP contribution is -2.25. The fourth-order valence-electron chi connectivity index (χ4n) is 2.38. The lowest BCUT2D eigenvalue weighted by atomic mass is 10.0. The van der Waals surface area contributed by atoms with Crippen molar-refractivity contribution in [1.29, 1.82) is 0 Å². The van der Waals surface area contributed by atoms with Crippen LogP contribution in [0.3, 0.4) is 0 Å². The first-order chi connectivity index (χ1) is 8.38. The van der Waals surface area contributed by atoms with E-state index in [1.165, 1.54) is 22.6 Å². The van der Waals surface area contributed by atoms with E-state index in [1.807, 2.05) is 11.8 Å². The molecule has 1 aromatic rings. The summed E-state index contributed by atoms with van der Waals surface area (Å²) in [5.74, 6) is 2.98. The molecule has 3 nitrogen and oxygen atoms in total. The average Bonchev–Trinajstić information content (AvgIpc) is 2.37. The van der Waals surface area contributed by atoms with Crippen LogP contribution >= 0.6 is 11.8 Å². The third-order valence-electron chi connectivity index (χ3n) is 3.16. The molecule has 2 heterocycles. The van der Waals surface area contributed by atoms with Crippen LogP contribution in [0, 0.1) is 0 Å². The first-order valence-corrected chi connectivity index (χ1v) is 7.16. The standard InChI is InChI=1S/C13H17NO2S/c1-2-14-10-3-6-17-13-8-12-11(7-9(10)13)15-4-5-16-12/h7-8,10,14H,2-6H2,1H3. The number of hydrogen-bond acceptors (Lipinski definition) is 4. The molecule has 0 bridgehead atoms. The summed E-state index contributed by atoms with van der Waals surface area (Å²) in [6, 6.07) is 4.76. The van der Waals surface area contributed by atoms with Crippen LogP contribution in [-0.4, -0.2) is 25.5 Å². The van der Waals surface area contributed by atoms with E-state index >= 15 is 0 Å². The van der Waals surface area contributed by atoms with E-state index in [2.05, 4.69) is 24.4 Å². The summed E-state index contributed by atoms with van der Waals surface area (Å²) in [7, 11) is 0. The van der Waals surface area contributed by atoms with Gasteiger partial charge in [-0.1, -0.05) is 6.92 Å². The molecule has 0 aromatic heterocycles. The van der Waals surface area contributed by atoms with E-state index < -0.39 is 0 Å². The summed E-state index contributed by atoms with van der Waals surface area (Å²) in [6.07, 6.45) is 1.19. The molecule has 0 amide bonds. The molecule has 3 rings (SSSR count). The molecule has 1 aromatic carbocycles. The van der Waals surface area contributed by atoms with Gasteiger partial charge in [0.25, 0.3) is 0 Å². The minimum Gasteiger partial charge on any atom is -0.486 e. The Balaban J connectivity index is 1.98. The fraction of sp³-hybridized carbons (Fsp3) is 0.538. The van der Waals surface area contributed by atoms with Gasteiger partial charge in [0.1, 0.15) is 13.2 Å². The normalized spacial score (nSPS) is 22.1. The number of thioether (sulfide) groups is 1. The molecule has 17 heavy (non-hydrogen) atoms. The molecule has 0 fully saturated rings. The Bertz CT molecular complexity index is 422. The van der Waals surface area contributed by atoms with Crippen LogP contribution in [0.25, 0.3) is 0 Å². The molecular weight excluding hydrogens is 234 g/mol. The van der Waals surface area contributed by atoms with Crippen molar-refractivity contribution >= 4 is 11.8 Å². The molecule has 92 valence electrons. The van der Waals surface area contributed by atoms with Crippen molar-refractivity contribution in [3.8, 4) is 11.5 Å². The molecule has 0 spiro atoms. The highest BCUT2D eigenvalue weighted by Crippen LogP contribution is 2.43. The molecule has 0 radical (unpaired) electrons. The molecule has 1 N–H and O–H groups in total. The van der Waals surface area contributed by atoms with Crippen LogP contribution in [0.15, 0.2) is 17.0 Å². The minimum absolute atomic E-state index is 0.465. The van der Waals surface area contributed by atoms with Crippen molar-refractivity contribution < 1.29 is 9.47 Å². The first-order valence-electron chi connectivity index (χ1n) is 6.18. The third kappa shape index (κ3) is 2.11. The monoisotopic (exact) mass is 251 g/mol. The quantitative estimate of drug-likeness (QED) is 0.875. The van der Waals surface area contributed by atoms with Gasteiger partial charge in [-0.25, -0.2) is 0 Å². The Labute approximate surface area is 106 Å². The van der Waals surface area contributed by atoms with Crippen molar-refractivity contribution in [1.82, 2.24) is 5.32 Å². The van der Waals surface area contributed by atoms with E-state index in [0.29, 0.717) is 19.3 Å². The van der Waals surface area contributed by atoms with Crippen LogP contribution in [-0.2, 0) is 0 Å². The van der Waals surface area contributed by atoms with E-state index in [0.717, 1.165) is 18.0 Å². The Morgan fingerprint density at radius 2 is 2.06 bits per heavy atom. The second-order valence-electron chi connectivity index (χ2n) is 4.28. The van der Waals surface area contributed by atoms with Gasteiger partial charge in [-0.3, -0.25) is 0 Å². The Kier molecular flexibility index (Phi) is 3.16. The van der Waals surface area contributed by atoms with Crippen LogP contribution in [0.5, 0.6) is 11.5 Å². The van der Waals surface area contributed by atoms with Crippen molar-refractivity contribution in [3.63, 3.8) is 0 Å². The van der Waals surface area contributed by atoms with Crippen molar-refractivity contribution in [3.05, 3.63) is 17.7 Å². The van der Waals surface area contributed by atoms with E-state index in [4.69, 9.17) is 9.47 Å². The number of fused-ring (bicyclic) bond motifs is 2. The summed E-state index contributed by atoms with van der Waals surface area (Å²) in [5, 5.41) is 3.54. The lowest BCUT2D eigenvalue weighted by molar-refractivity contribution is 0.170. The van der Waals surface area contributed by atoms with Gasteiger partial charge in [0.05, 0.1) is 0 Å². The fourth-order valence-corrected chi connectivity index (χ4v) is 3.52. The summed E-state index contributed by atoms with van der Waals surface area (Å²) in [5.41, 5.74) is 1.37. The second-order valence-corrected chi connectivity index (χ2v) is 5.42. The summed E-state index contributed by atoms with van der Waals surface area (Å²) in [4.78, 5) is 1.34. The topological polar surface area (TPSA) is 30.5 Å². The molecular formula is C13H17NO2S. The third-order valence-corrected chi connectivity index (χ3v) is 4.27. The Morgan fingerprint density at radius 1 is 1.29 bits per heavy atom. The number of benzene rings is 1. The predicted molar refractivity (Wildman–Crippen MR) is 69.2 cm³/mol. The van der Waals surface area contributed by atoms with Gasteiger partial charge < -0.3 is 14.8 Å². The predicted octanol–water partition coefficient (Wildman–Crippen LogP) is 2.60. The highest BCUT2D eigenvalue weighted by atomic mass is 32.2. The van der Waals surface area contributed by atoms with Gasteiger partial charge in [0.15, 0.2) is 11.5 Å². The van der Waals surface area contributed by atoms with Crippen molar-refractivity contribution in [2.75, 3.05) is 25.5 Å². The molecule has 2 aliphatic rings. The van der Waals surface area contributed by atoms with Crippen LogP contribution in [0.2, 0.25) is 0 Å². The maximum Gasteiger partial charge on any atom is 0.162 e. The van der Waals surface area contributed by atoms with Gasteiger partial charge in [-0.2, -0.15) is 0 Å². The zero-order valence-electron chi connectivity index (χ0n) is 9.99. The summed E-state index contributed by atoms with van der Waals surface area (Å²) < 4.78 is 11.3. The minimum atomic E-state index is 0.465. The van der Waals surface area contributed by atoms with Gasteiger partial charge in [0.2, 0.25) is 0 Å². The first kappa shape index (κ1) is 11.2. The van der Waals surface area contributed by atoms with Gasteiger partial charge >= 0.3 is 0 Å². The van der Waals surface area contributed by atoms with Crippen LogP contribution < -0.4 is 14.8 Å². The average molecular weight is 251 g/mol. The lowest BCUT2D eigenvalue weighted by Gasteiger charge is -2.28. The maximum absolute atomic E-state index is 5.65. The maximum atomic E-state index is 5.65. The zero-order valence-corrected chi connectivity index (χ0v) is 10.8. The molecule has 2 aliphatic heterocycles. The van der Waals surface area contributed by atoms with Gasteiger partial charge in [0, 0.05) is 10.9 Å². The molecule has 1 unspecified atom stereocenters. The Morgan fingerprint density at radius 3 is 2.82 bits per heavy atom. The smallest absolute Gasteiger partial charge is 0.162 e. The number of hydrogen-bond donors (Lipinski definition) is 1. The van der Waals surface area contributed by atoms with E-state index in [-0.39, 0.29) is 0 Å². The van der Waals surface area contributed by atoms with Crippen LogP contribution in [0.1, 0.15) is 24.9 Å². The van der Waals surface area contributed by atoms with E-state index in [9.17, 15) is 0 Å². The largest absolute Gasteiger partial charge is 0.486 e. The number of rotatable bonds is 2. The summed E-state index contributed by atoms with van der Waals surface area (Å²) >= 11 is 1.92. The number of nitrogens with one attached hydrogen (secondary N) is 1. The molecule has 4 heteroatoms. The SMILES string of the molecule is CCNC1CCSc2cc3c(cc21)OCCO3. The second kappa shape index (κ2) is 4.78. The molecule has 1 atom stereocenters. The highest BCUT2D eigenvalue weighted by Gasteiger charge is 2.24. The molecule has 0 aliphatic carbocycles. The zero-order chi connectivity index (χ0) is 11.7. The molecule has 0 saturated carbocycles. The van der Waals surface area contributed by atoms with Crippen molar-refractivity contribution in [2.24, 2.45) is 0 Å². The molecule has 0 saturated heterocycles.